The zero-order valence-electron chi connectivity index (χ0n) is 64.2. The first-order valence-electron chi connectivity index (χ1n) is 38.5. The lowest BCUT2D eigenvalue weighted by atomic mass is 9.71. The van der Waals surface area contributed by atoms with Crippen LogP contribution in [-0.2, 0) is 43.8 Å². The lowest BCUT2D eigenvalue weighted by Gasteiger charge is -2.41. The summed E-state index contributed by atoms with van der Waals surface area (Å²) in [7, 11) is -11.0. The van der Waals surface area contributed by atoms with Gasteiger partial charge < -0.3 is 40.9 Å². The molecule has 10 rings (SSSR count). The highest BCUT2D eigenvalue weighted by Crippen LogP contribution is 2.44. The van der Waals surface area contributed by atoms with E-state index in [1.165, 1.54) is 39.9 Å². The highest BCUT2D eigenvalue weighted by Gasteiger charge is 2.49. The molecule has 0 saturated carbocycles. The zero-order valence-corrected chi connectivity index (χ0v) is 68.2. The van der Waals surface area contributed by atoms with Crippen LogP contribution in [0.5, 0.6) is 0 Å². The molecule has 5 amide bonds. The number of hydrogen-bond donors (Lipinski definition) is 6. The third-order valence-electron chi connectivity index (χ3n) is 21.4. The van der Waals surface area contributed by atoms with Crippen molar-refractivity contribution in [2.75, 3.05) is 94.6 Å². The lowest BCUT2D eigenvalue weighted by Crippen LogP contribution is -2.57. The summed E-state index contributed by atoms with van der Waals surface area (Å²) in [5.74, 6) is -1.67. The number of ether oxygens (including phenoxy) is 1. The van der Waals surface area contributed by atoms with Crippen molar-refractivity contribution in [1.82, 2.24) is 40.4 Å². The average Bonchev–Trinajstić information content (AvgIpc) is 1.67. The number of unbranched alkanes of at least 4 members (excludes halogenated alkanes) is 7. The number of thioether (sulfide) groups is 1. The molecule has 111 heavy (non-hydrogen) atoms. The highest BCUT2D eigenvalue weighted by molar-refractivity contribution is 7.99. The predicted octanol–water partition coefficient (Wildman–Crippen LogP) is 13.6. The molecule has 3 aliphatic heterocycles. The van der Waals surface area contributed by atoms with E-state index in [0.717, 1.165) is 114 Å². The molecule has 29 heteroatoms. The van der Waals surface area contributed by atoms with E-state index < -0.39 is 82.3 Å². The second kappa shape index (κ2) is 39.1. The summed E-state index contributed by atoms with van der Waals surface area (Å²) in [6.45, 7) is 18.6. The number of sulfonamides is 1. The van der Waals surface area contributed by atoms with Crippen molar-refractivity contribution in [2.24, 2.45) is 10.8 Å². The SMILES string of the molecule is Cc1ncsc1-c1ccc([C@H](C)NC(=O)[C@@H]2C[C@@H](O)CN2C(=O)[C@@H](NC(=O)CCCCCCCCCCC(=O)NCC2(C)CCC(c3ccc(Cl)cc3)=C(CN3CCN(c4ccc(C(=O)NS(=O)(=O)c5ccc(N[C@H](CCN6CCOCC6)CSc6ccccc6)c(S(=O)(=O)C(F)(F)F)c5)cc4)CC3)C2)C(C)(C)C)cc1. The quantitative estimate of drug-likeness (QED) is 0.0159. The standard InChI is InChI=1S/C82H106ClF3N10O11S4/c1-56(58-22-24-60(25-23-58)75-57(2)88-55-109-75)89-78(101)71-48-66(97)52-96(71)79(102)76(80(3,4)5)91-74(99)21-17-12-10-8-7-9-11-16-20-73(98)87-54-81(6)38-36-69(59-26-30-63(83)31-27-59)62(50-81)51-94-40-42-95(43-41-94)65-32-28-61(29-33-65)77(100)92-111(105,106)68-34-35-70(72(49-68)110(103,104)82(84,85)86)90-64(37-39-93-44-46-107-47-45-93)53-108-67-18-14-13-15-19-67/h13-15,18-19,22-35,49,55-56,64,66,71,76,90,97H,7-12,16-17,20-21,36-48,50-54H2,1-6H3,(H,87,98)(H,89,101)(H,91,99)(H,92,100)/t56-,64+,66+,71-,76+,81?/m0/s1. The van der Waals surface area contributed by atoms with E-state index in [1.807, 2.05) is 112 Å². The second-order valence-electron chi connectivity index (χ2n) is 31.1. The number of amides is 5. The molecule has 602 valence electrons. The van der Waals surface area contributed by atoms with Gasteiger partial charge in [-0.15, -0.1) is 23.1 Å². The Labute approximate surface area is 665 Å². The molecule has 1 aliphatic carbocycles. The van der Waals surface area contributed by atoms with Crippen LogP contribution in [-0.4, -0.2) is 185 Å². The Morgan fingerprint density at radius 1 is 0.775 bits per heavy atom. The number of aryl methyl sites for hydroxylation is 1. The molecular weight excluding hydrogens is 1520 g/mol. The molecule has 0 bridgehead atoms. The number of anilines is 2. The molecule has 3 saturated heterocycles. The number of halogens is 4. The summed E-state index contributed by atoms with van der Waals surface area (Å²) in [5, 5.41) is 23.7. The number of nitrogens with zero attached hydrogens (tertiary/aromatic N) is 5. The van der Waals surface area contributed by atoms with Crippen LogP contribution in [0.1, 0.15) is 164 Å². The van der Waals surface area contributed by atoms with Gasteiger partial charge in [-0.3, -0.25) is 33.8 Å². The molecule has 6 atom stereocenters. The summed E-state index contributed by atoms with van der Waals surface area (Å²) >= 11 is 9.36. The number of aliphatic hydroxyl groups excluding tert-OH is 1. The van der Waals surface area contributed by atoms with Gasteiger partial charge in [-0.25, -0.2) is 26.5 Å². The topological polar surface area (TPSA) is 269 Å². The number of rotatable bonds is 35. The Kier molecular flexibility index (Phi) is 30.3. The van der Waals surface area contributed by atoms with Gasteiger partial charge in [0.25, 0.3) is 25.8 Å². The first kappa shape index (κ1) is 86.0. The smallest absolute Gasteiger partial charge is 0.391 e. The van der Waals surface area contributed by atoms with Crippen molar-refractivity contribution < 1.29 is 63.8 Å². The van der Waals surface area contributed by atoms with Gasteiger partial charge in [0.15, 0.2) is 0 Å². The molecule has 1 unspecified atom stereocenters. The Morgan fingerprint density at radius 2 is 1.41 bits per heavy atom. The van der Waals surface area contributed by atoms with E-state index in [9.17, 15) is 59.1 Å². The fourth-order valence-corrected chi connectivity index (χ4v) is 18.8. The number of carbonyl (C=O) groups excluding carboxylic acids is 5. The number of carbonyl (C=O) groups is 5. The molecule has 0 spiro atoms. The van der Waals surface area contributed by atoms with Crippen LogP contribution in [0.2, 0.25) is 5.02 Å². The average molecular weight is 1630 g/mol. The highest BCUT2D eigenvalue weighted by atomic mass is 35.5. The van der Waals surface area contributed by atoms with Crippen molar-refractivity contribution in [2.45, 2.75) is 188 Å². The molecular formula is C82H106ClF3N10O11S4. The first-order valence-corrected chi connectivity index (χ1v) is 43.7. The first-order chi connectivity index (χ1) is 52.8. The van der Waals surface area contributed by atoms with Gasteiger partial charge >= 0.3 is 5.51 Å². The van der Waals surface area contributed by atoms with Crippen LogP contribution in [0.25, 0.3) is 16.0 Å². The fraction of sp³-hybridized carbons (Fsp3) is 0.512. The number of alkyl halides is 3. The third kappa shape index (κ3) is 24.1. The minimum atomic E-state index is -6.11. The van der Waals surface area contributed by atoms with Crippen molar-refractivity contribution in [3.05, 3.63) is 160 Å². The maximum atomic E-state index is 14.4. The van der Waals surface area contributed by atoms with Gasteiger partial charge in [0.2, 0.25) is 23.6 Å². The zero-order chi connectivity index (χ0) is 79.7. The number of allylic oxidation sites excluding steroid dienone is 1. The summed E-state index contributed by atoms with van der Waals surface area (Å²) in [5.41, 5.74) is 2.08. The maximum Gasteiger partial charge on any atom is 0.501 e. The van der Waals surface area contributed by atoms with Crippen molar-refractivity contribution in [1.29, 1.82) is 0 Å². The minimum Gasteiger partial charge on any atom is -0.391 e. The van der Waals surface area contributed by atoms with Gasteiger partial charge in [0.05, 0.1) is 52.0 Å². The molecule has 0 radical (unpaired) electrons. The van der Waals surface area contributed by atoms with Crippen LogP contribution in [0.15, 0.2) is 147 Å². The monoisotopic (exact) mass is 1630 g/mol. The Bertz CT molecular complexity index is 4410. The van der Waals surface area contributed by atoms with E-state index in [4.69, 9.17) is 16.3 Å². The van der Waals surface area contributed by atoms with Crippen molar-refractivity contribution in [3.8, 4) is 10.4 Å². The number of thiazole rings is 1. The van der Waals surface area contributed by atoms with Crippen LogP contribution in [0, 0.1) is 17.8 Å². The molecule has 6 N–H and O–H groups in total. The summed E-state index contributed by atoms with van der Waals surface area (Å²) in [4.78, 5) is 80.8. The van der Waals surface area contributed by atoms with Gasteiger partial charge in [-0.1, -0.05) is 138 Å². The predicted molar refractivity (Wildman–Crippen MR) is 432 cm³/mol. The van der Waals surface area contributed by atoms with Crippen LogP contribution >= 0.6 is 34.7 Å². The van der Waals surface area contributed by atoms with Crippen LogP contribution in [0.3, 0.4) is 0 Å². The van der Waals surface area contributed by atoms with Crippen LogP contribution < -0.4 is 30.9 Å². The normalized spacial score (nSPS) is 19.1. The van der Waals surface area contributed by atoms with E-state index in [2.05, 4.69) is 60.0 Å². The van der Waals surface area contributed by atoms with Gasteiger partial charge in [0.1, 0.15) is 17.0 Å². The molecule has 5 aromatic carbocycles. The number of aromatic nitrogens is 1. The van der Waals surface area contributed by atoms with E-state index in [-0.39, 0.29) is 54.1 Å². The summed E-state index contributed by atoms with van der Waals surface area (Å²) < 4.78 is 105. The number of piperazine rings is 1. The van der Waals surface area contributed by atoms with Crippen molar-refractivity contribution in [3.63, 3.8) is 0 Å². The lowest BCUT2D eigenvalue weighted by molar-refractivity contribution is -0.144. The maximum absolute atomic E-state index is 14.4. The number of benzene rings is 5. The number of β-amino-alcohol motifs (C(OH)–C–C–N with tert-alkyl or cyclic N) is 1. The number of likely N-dealkylation sites (tertiary alicyclic amines) is 1. The summed E-state index contributed by atoms with van der Waals surface area (Å²) in [6, 6.07) is 31.2. The molecule has 4 heterocycles. The molecule has 6 aromatic rings. The van der Waals surface area contributed by atoms with Gasteiger partial charge in [-0.2, -0.15) is 13.2 Å². The Morgan fingerprint density at radius 3 is 2.05 bits per heavy atom. The largest absolute Gasteiger partial charge is 0.501 e. The second-order valence-corrected chi connectivity index (χ2v) is 37.1. The van der Waals surface area contributed by atoms with Crippen molar-refractivity contribution >= 4 is 101 Å². The fourth-order valence-electron chi connectivity index (χ4n) is 14.8. The Balaban J connectivity index is 0.640. The number of hydrogen-bond acceptors (Lipinski definition) is 18. The molecule has 1 aromatic heterocycles. The minimum absolute atomic E-state index is 0.00512. The van der Waals surface area contributed by atoms with E-state index >= 15 is 0 Å². The van der Waals surface area contributed by atoms with Gasteiger partial charge in [-0.05, 0) is 152 Å². The van der Waals surface area contributed by atoms with E-state index in [0.29, 0.717) is 108 Å². The molecule has 4 aliphatic rings. The van der Waals surface area contributed by atoms with E-state index in [1.54, 1.807) is 23.5 Å². The number of nitrogens with one attached hydrogen (secondary N) is 5. The molecule has 3 fully saturated rings. The van der Waals surface area contributed by atoms with Gasteiger partial charge in [0, 0.05) is 118 Å². The number of sulfone groups is 1. The number of morpholine rings is 1. The van der Waals surface area contributed by atoms with Crippen LogP contribution in [0.4, 0.5) is 24.5 Å². The molecule has 21 nitrogen and oxygen atoms in total. The number of aliphatic hydroxyl groups is 1. The summed E-state index contributed by atoms with van der Waals surface area (Å²) in [6.07, 6.45) is 10.0. The Hall–Kier alpha value is -7.41. The third-order valence-corrected chi connectivity index (χ3v) is 26.6.